The van der Waals surface area contributed by atoms with E-state index in [1.807, 2.05) is 27.7 Å². The molecule has 0 N–H and O–H groups in total. The fraction of sp³-hybridized carbons (Fsp3) is 0.923. The van der Waals surface area contributed by atoms with E-state index in [-0.39, 0.29) is 11.8 Å². The van der Waals surface area contributed by atoms with Crippen LogP contribution in [-0.4, -0.2) is 18.2 Å². The topological polar surface area (TPSA) is 26.3 Å². The normalized spacial score (nSPS) is 17.7. The molecule has 0 heterocycles. The molecule has 0 bridgehead atoms. The summed E-state index contributed by atoms with van der Waals surface area (Å²) in [6.07, 6.45) is -6.06. The maximum atomic E-state index is 12.4. The molecule has 0 aliphatic carbocycles. The molecule has 18 heavy (non-hydrogen) atoms. The van der Waals surface area contributed by atoms with E-state index in [1.165, 1.54) is 0 Å². The average molecular weight is 268 g/mol. The summed E-state index contributed by atoms with van der Waals surface area (Å²) in [6, 6.07) is 0. The Morgan fingerprint density at radius 3 is 1.83 bits per heavy atom. The minimum absolute atomic E-state index is 0.0761. The van der Waals surface area contributed by atoms with Gasteiger partial charge in [-0.2, -0.15) is 13.2 Å². The van der Waals surface area contributed by atoms with Crippen molar-refractivity contribution in [1.82, 2.24) is 0 Å². The van der Waals surface area contributed by atoms with Gasteiger partial charge in [0.15, 0.2) is 6.10 Å². The molecular weight excluding hydrogens is 245 g/mol. The first-order chi connectivity index (χ1) is 7.91. The molecule has 0 aromatic heterocycles. The summed E-state index contributed by atoms with van der Waals surface area (Å²) >= 11 is 0. The summed E-state index contributed by atoms with van der Waals surface area (Å²) in [5, 5.41) is 0. The third-order valence-electron chi connectivity index (χ3n) is 3.32. The van der Waals surface area contributed by atoms with Gasteiger partial charge < -0.3 is 4.74 Å². The molecule has 2 unspecified atom stereocenters. The number of hydrogen-bond donors (Lipinski definition) is 0. The average Bonchev–Trinajstić information content (AvgIpc) is 2.14. The van der Waals surface area contributed by atoms with Crippen LogP contribution in [-0.2, 0) is 9.53 Å². The fourth-order valence-electron chi connectivity index (χ4n) is 1.76. The zero-order valence-corrected chi connectivity index (χ0v) is 11.9. The molecule has 2 atom stereocenters. The standard InChI is InChI=1S/C13H23F3O2/c1-8(2)7-12(6,9(3)4)11(17)18-10(5)13(14,15)16/h8-10H,7H2,1-6H3. The predicted octanol–water partition coefficient (Wildman–Crippen LogP) is 4.19. The van der Waals surface area contributed by atoms with Crippen LogP contribution in [0.25, 0.3) is 0 Å². The monoisotopic (exact) mass is 268 g/mol. The minimum atomic E-state index is -4.51. The lowest BCUT2D eigenvalue weighted by atomic mass is 9.73. The lowest BCUT2D eigenvalue weighted by Crippen LogP contribution is -2.41. The zero-order chi connectivity index (χ0) is 14.7. The van der Waals surface area contributed by atoms with Gasteiger partial charge >= 0.3 is 12.1 Å². The van der Waals surface area contributed by atoms with Crippen molar-refractivity contribution in [2.24, 2.45) is 17.3 Å². The number of carbonyl (C=O) groups excluding carboxylic acids is 1. The van der Waals surface area contributed by atoms with E-state index in [1.54, 1.807) is 6.92 Å². The molecule has 0 aliphatic heterocycles. The van der Waals surface area contributed by atoms with E-state index in [4.69, 9.17) is 0 Å². The van der Waals surface area contributed by atoms with E-state index < -0.39 is 23.7 Å². The smallest absolute Gasteiger partial charge is 0.425 e. The largest absolute Gasteiger partial charge is 0.453 e. The van der Waals surface area contributed by atoms with Gasteiger partial charge in [0.25, 0.3) is 0 Å². The second-order valence-electron chi connectivity index (χ2n) is 5.76. The van der Waals surface area contributed by atoms with Crippen molar-refractivity contribution in [3.05, 3.63) is 0 Å². The van der Waals surface area contributed by atoms with Gasteiger partial charge in [0.05, 0.1) is 5.41 Å². The van der Waals surface area contributed by atoms with Crippen molar-refractivity contribution in [3.63, 3.8) is 0 Å². The predicted molar refractivity (Wildman–Crippen MR) is 64.0 cm³/mol. The summed E-state index contributed by atoms with van der Waals surface area (Å²) in [5.41, 5.74) is -0.881. The van der Waals surface area contributed by atoms with Crippen LogP contribution in [0, 0.1) is 17.3 Å². The Morgan fingerprint density at radius 2 is 1.56 bits per heavy atom. The van der Waals surface area contributed by atoms with Crippen LogP contribution in [0.2, 0.25) is 0 Å². The van der Waals surface area contributed by atoms with E-state index in [2.05, 4.69) is 4.74 Å². The number of halogens is 3. The number of hydrogen-bond acceptors (Lipinski definition) is 2. The molecule has 0 amide bonds. The van der Waals surface area contributed by atoms with Crippen LogP contribution in [0.1, 0.15) is 48.0 Å². The number of carbonyl (C=O) groups is 1. The van der Waals surface area contributed by atoms with E-state index >= 15 is 0 Å². The second kappa shape index (κ2) is 5.93. The molecule has 108 valence electrons. The summed E-state index contributed by atoms with van der Waals surface area (Å²) in [4.78, 5) is 12.0. The molecule has 5 heteroatoms. The summed E-state index contributed by atoms with van der Waals surface area (Å²) in [5.74, 6) is -0.630. The highest BCUT2D eigenvalue weighted by Gasteiger charge is 2.44. The summed E-state index contributed by atoms with van der Waals surface area (Å²) < 4.78 is 41.7. The molecule has 0 aromatic carbocycles. The number of rotatable bonds is 5. The first-order valence-electron chi connectivity index (χ1n) is 6.19. The maximum Gasteiger partial charge on any atom is 0.425 e. The van der Waals surface area contributed by atoms with Gasteiger partial charge in [-0.25, -0.2) is 0 Å². The molecule has 0 aliphatic rings. The highest BCUT2D eigenvalue weighted by atomic mass is 19.4. The van der Waals surface area contributed by atoms with Crippen molar-refractivity contribution < 1.29 is 22.7 Å². The summed E-state index contributed by atoms with van der Waals surface area (Å²) in [7, 11) is 0. The van der Waals surface area contributed by atoms with Gasteiger partial charge in [-0.1, -0.05) is 27.7 Å². The lowest BCUT2D eigenvalue weighted by Gasteiger charge is -2.34. The maximum absolute atomic E-state index is 12.4. The Hall–Kier alpha value is -0.740. The molecule has 0 saturated heterocycles. The van der Waals surface area contributed by atoms with Crippen LogP contribution in [0.5, 0.6) is 0 Å². The van der Waals surface area contributed by atoms with E-state index in [9.17, 15) is 18.0 Å². The first-order valence-corrected chi connectivity index (χ1v) is 6.19. The number of esters is 1. The minimum Gasteiger partial charge on any atom is -0.453 e. The van der Waals surface area contributed by atoms with Crippen molar-refractivity contribution in [2.45, 2.75) is 60.2 Å². The van der Waals surface area contributed by atoms with Gasteiger partial charge in [0.2, 0.25) is 0 Å². The summed E-state index contributed by atoms with van der Waals surface area (Å²) in [6.45, 7) is 10.0. The fourth-order valence-corrected chi connectivity index (χ4v) is 1.76. The molecular formula is C13H23F3O2. The SMILES string of the molecule is CC(C)CC(C)(C(=O)OC(C)C(F)(F)F)C(C)C. The van der Waals surface area contributed by atoms with Crippen molar-refractivity contribution in [1.29, 1.82) is 0 Å². The quantitative estimate of drug-likeness (QED) is 0.699. The number of alkyl halides is 3. The highest BCUT2D eigenvalue weighted by Crippen LogP contribution is 2.37. The van der Waals surface area contributed by atoms with Crippen LogP contribution in [0.3, 0.4) is 0 Å². The van der Waals surface area contributed by atoms with Gasteiger partial charge in [-0.05, 0) is 32.1 Å². The van der Waals surface area contributed by atoms with Crippen LogP contribution in [0.4, 0.5) is 13.2 Å². The first kappa shape index (κ1) is 17.3. The Bertz CT molecular complexity index is 284. The molecule has 0 spiro atoms. The van der Waals surface area contributed by atoms with Crippen molar-refractivity contribution in [2.75, 3.05) is 0 Å². The Morgan fingerprint density at radius 1 is 1.11 bits per heavy atom. The highest BCUT2D eigenvalue weighted by molar-refractivity contribution is 5.77. The Labute approximate surface area is 107 Å². The molecule has 0 saturated carbocycles. The van der Waals surface area contributed by atoms with Gasteiger partial charge in [-0.15, -0.1) is 0 Å². The molecule has 0 aromatic rings. The Balaban J connectivity index is 4.90. The van der Waals surface area contributed by atoms with Crippen LogP contribution in [0.15, 0.2) is 0 Å². The molecule has 2 nitrogen and oxygen atoms in total. The lowest BCUT2D eigenvalue weighted by molar-refractivity contribution is -0.223. The van der Waals surface area contributed by atoms with Gasteiger partial charge in [-0.3, -0.25) is 4.79 Å². The van der Waals surface area contributed by atoms with Gasteiger partial charge in [0.1, 0.15) is 0 Å². The molecule has 0 radical (unpaired) electrons. The van der Waals surface area contributed by atoms with Crippen molar-refractivity contribution >= 4 is 5.97 Å². The molecule has 0 fully saturated rings. The third kappa shape index (κ3) is 4.50. The van der Waals surface area contributed by atoms with Crippen LogP contribution < -0.4 is 0 Å². The van der Waals surface area contributed by atoms with Crippen LogP contribution >= 0.6 is 0 Å². The van der Waals surface area contributed by atoms with Gasteiger partial charge in [0, 0.05) is 0 Å². The van der Waals surface area contributed by atoms with E-state index in [0.717, 1.165) is 6.92 Å². The zero-order valence-electron chi connectivity index (χ0n) is 11.9. The van der Waals surface area contributed by atoms with E-state index in [0.29, 0.717) is 6.42 Å². The Kier molecular flexibility index (Phi) is 5.69. The van der Waals surface area contributed by atoms with Crippen molar-refractivity contribution in [3.8, 4) is 0 Å². The second-order valence-corrected chi connectivity index (χ2v) is 5.76. The molecule has 0 rings (SSSR count). The number of ether oxygens (including phenoxy) is 1. The third-order valence-corrected chi connectivity index (χ3v) is 3.32.